The van der Waals surface area contributed by atoms with Crippen molar-refractivity contribution in [3.8, 4) is 0 Å². The molecule has 80 valence electrons. The molecule has 0 bridgehead atoms. The van der Waals surface area contributed by atoms with Gasteiger partial charge in [0.2, 0.25) is 0 Å². The molecule has 0 atom stereocenters. The minimum Gasteiger partial charge on any atom is -0.280 e. The summed E-state index contributed by atoms with van der Waals surface area (Å²) in [4.78, 5) is 0. The average molecular weight is 214 g/mol. The largest absolute Gasteiger partial charge is 0.329 e. The fourth-order valence-corrected chi connectivity index (χ4v) is 2.08. The second-order valence-corrected chi connectivity index (χ2v) is 4.64. The summed E-state index contributed by atoms with van der Waals surface area (Å²) in [6, 6.07) is 0. The lowest BCUT2D eigenvalue weighted by molar-refractivity contribution is -0.532. The standard InChI is InChI=1S/C10H19N3S/c1-3-4-5-6-7-13-10(11)14-8-9(2)12-13/h11H,3-8H2,1-2H3/p+1. The fourth-order valence-electron chi connectivity index (χ4n) is 1.39. The van der Waals surface area contributed by atoms with Crippen molar-refractivity contribution in [2.24, 2.45) is 10.8 Å². The van der Waals surface area contributed by atoms with Gasteiger partial charge in [-0.05, 0) is 31.5 Å². The number of hydrazone groups is 1. The molecule has 4 heteroatoms. The Hall–Kier alpha value is -0.510. The highest BCUT2D eigenvalue weighted by molar-refractivity contribution is 8.14. The highest BCUT2D eigenvalue weighted by atomic mass is 32.2. The van der Waals surface area contributed by atoms with Gasteiger partial charge in [0, 0.05) is 5.75 Å². The van der Waals surface area contributed by atoms with Crippen LogP contribution in [0, 0.1) is 0 Å². The van der Waals surface area contributed by atoms with Gasteiger partial charge in [0.1, 0.15) is 6.54 Å². The summed E-state index contributed by atoms with van der Waals surface area (Å²) in [7, 11) is 0. The van der Waals surface area contributed by atoms with E-state index in [1.165, 1.54) is 31.4 Å². The van der Waals surface area contributed by atoms with Crippen molar-refractivity contribution in [1.29, 1.82) is 0 Å². The number of nitrogens with zero attached hydrogens (tertiary/aromatic N) is 2. The molecule has 0 unspecified atom stereocenters. The van der Waals surface area contributed by atoms with E-state index in [-0.39, 0.29) is 0 Å². The van der Waals surface area contributed by atoms with E-state index in [1.54, 1.807) is 11.8 Å². The Morgan fingerprint density at radius 2 is 2.21 bits per heavy atom. The highest BCUT2D eigenvalue weighted by Gasteiger charge is 2.15. The van der Waals surface area contributed by atoms with Crippen LogP contribution >= 0.6 is 11.8 Å². The van der Waals surface area contributed by atoms with Crippen molar-refractivity contribution in [2.75, 3.05) is 12.3 Å². The second kappa shape index (κ2) is 6.06. The Balaban J connectivity index is 2.35. The van der Waals surface area contributed by atoms with Crippen LogP contribution in [-0.2, 0) is 0 Å². The predicted octanol–water partition coefficient (Wildman–Crippen LogP) is 2.02. The Morgan fingerprint density at radius 1 is 1.43 bits per heavy atom. The van der Waals surface area contributed by atoms with E-state index in [2.05, 4.69) is 18.9 Å². The molecule has 0 fully saturated rings. The number of rotatable bonds is 5. The van der Waals surface area contributed by atoms with Crippen LogP contribution in [0.15, 0.2) is 5.10 Å². The van der Waals surface area contributed by atoms with Crippen molar-refractivity contribution in [2.45, 2.75) is 39.5 Å². The summed E-state index contributed by atoms with van der Waals surface area (Å²) < 4.78 is 1.94. The Kier molecular flexibility index (Phi) is 5.01. The summed E-state index contributed by atoms with van der Waals surface area (Å²) in [6.07, 6.45) is 5.05. The number of nitrogens with two attached hydrogens (primary N) is 1. The molecule has 0 aromatic rings. The summed E-state index contributed by atoms with van der Waals surface area (Å²) in [5.41, 5.74) is 7.02. The van der Waals surface area contributed by atoms with Gasteiger partial charge in [0.05, 0.1) is 5.71 Å². The SMILES string of the molecule is CCCCCC[N+]1=C(N)SCC(C)=N1. The van der Waals surface area contributed by atoms with Gasteiger partial charge in [0.25, 0.3) is 0 Å². The molecule has 0 spiro atoms. The Bertz CT molecular complexity index is 246. The summed E-state index contributed by atoms with van der Waals surface area (Å²) in [5, 5.41) is 5.28. The first kappa shape index (κ1) is 11.6. The molecule has 1 rings (SSSR count). The molecule has 1 heterocycles. The summed E-state index contributed by atoms with van der Waals surface area (Å²) in [5.74, 6) is 0.942. The van der Waals surface area contributed by atoms with E-state index in [0.717, 1.165) is 17.5 Å². The maximum Gasteiger partial charge on any atom is 0.329 e. The second-order valence-electron chi connectivity index (χ2n) is 3.65. The molecule has 0 aromatic carbocycles. The lowest BCUT2D eigenvalue weighted by Crippen LogP contribution is -2.28. The van der Waals surface area contributed by atoms with Gasteiger partial charge in [-0.15, -0.1) is 4.68 Å². The van der Waals surface area contributed by atoms with Gasteiger partial charge < -0.3 is 0 Å². The third-order valence-corrected chi connectivity index (χ3v) is 3.27. The normalized spacial score (nSPS) is 17.1. The number of amidine groups is 1. The van der Waals surface area contributed by atoms with E-state index >= 15 is 0 Å². The number of hydrogen-bond donors (Lipinski definition) is 1. The molecule has 3 nitrogen and oxygen atoms in total. The van der Waals surface area contributed by atoms with Crippen molar-refractivity contribution in [3.05, 3.63) is 0 Å². The molecule has 14 heavy (non-hydrogen) atoms. The molecule has 0 aromatic heterocycles. The minimum absolute atomic E-state index is 0.854. The van der Waals surface area contributed by atoms with Gasteiger partial charge in [0.15, 0.2) is 0 Å². The van der Waals surface area contributed by atoms with Crippen LogP contribution in [0.5, 0.6) is 0 Å². The third-order valence-electron chi connectivity index (χ3n) is 2.20. The van der Waals surface area contributed by atoms with Crippen molar-refractivity contribution >= 4 is 22.6 Å². The zero-order valence-corrected chi connectivity index (χ0v) is 9.94. The minimum atomic E-state index is 0.854. The molecular weight excluding hydrogens is 194 g/mol. The quantitative estimate of drug-likeness (QED) is 0.562. The van der Waals surface area contributed by atoms with E-state index in [9.17, 15) is 0 Å². The predicted molar refractivity (Wildman–Crippen MR) is 64.0 cm³/mol. The third kappa shape index (κ3) is 3.70. The van der Waals surface area contributed by atoms with Crippen molar-refractivity contribution in [3.63, 3.8) is 0 Å². The van der Waals surface area contributed by atoms with E-state index in [4.69, 9.17) is 5.73 Å². The Labute approximate surface area is 90.5 Å². The van der Waals surface area contributed by atoms with Crippen LogP contribution < -0.4 is 5.73 Å². The van der Waals surface area contributed by atoms with Crippen LogP contribution in [0.4, 0.5) is 0 Å². The number of hydrogen-bond acceptors (Lipinski definition) is 3. The lowest BCUT2D eigenvalue weighted by atomic mass is 10.2. The molecule has 1 aliphatic rings. The molecule has 0 saturated carbocycles. The van der Waals surface area contributed by atoms with Crippen molar-refractivity contribution < 1.29 is 4.68 Å². The molecule has 0 amide bonds. The van der Waals surface area contributed by atoms with Crippen LogP contribution in [0.2, 0.25) is 0 Å². The fraction of sp³-hybridized carbons (Fsp3) is 0.800. The zero-order valence-electron chi connectivity index (χ0n) is 9.12. The van der Waals surface area contributed by atoms with Gasteiger partial charge >= 0.3 is 5.17 Å². The smallest absolute Gasteiger partial charge is 0.280 e. The molecule has 0 aliphatic carbocycles. The molecule has 0 saturated heterocycles. The van der Waals surface area contributed by atoms with Crippen LogP contribution in [0.1, 0.15) is 39.5 Å². The first-order chi connectivity index (χ1) is 6.74. The maximum atomic E-state index is 5.85. The Morgan fingerprint density at radius 3 is 2.93 bits per heavy atom. The van der Waals surface area contributed by atoms with Crippen molar-refractivity contribution in [1.82, 2.24) is 0 Å². The average Bonchev–Trinajstić information content (AvgIpc) is 2.18. The topological polar surface area (TPSA) is 41.4 Å². The van der Waals surface area contributed by atoms with Crippen LogP contribution in [0.25, 0.3) is 0 Å². The molecular formula is C10H20N3S+. The van der Waals surface area contributed by atoms with Gasteiger partial charge in [-0.25, -0.2) is 0 Å². The molecule has 1 aliphatic heterocycles. The molecule has 2 N–H and O–H groups in total. The van der Waals surface area contributed by atoms with Gasteiger partial charge in [-0.1, -0.05) is 24.9 Å². The first-order valence-electron chi connectivity index (χ1n) is 5.31. The summed E-state index contributed by atoms with van der Waals surface area (Å²) in [6.45, 7) is 5.24. The van der Waals surface area contributed by atoms with E-state index < -0.39 is 0 Å². The molecule has 0 radical (unpaired) electrons. The maximum absolute atomic E-state index is 5.85. The van der Waals surface area contributed by atoms with Gasteiger partial charge in [-0.2, -0.15) is 0 Å². The highest BCUT2D eigenvalue weighted by Crippen LogP contribution is 2.08. The van der Waals surface area contributed by atoms with Gasteiger partial charge in [-0.3, -0.25) is 5.73 Å². The van der Waals surface area contributed by atoms with E-state index in [0.29, 0.717) is 0 Å². The first-order valence-corrected chi connectivity index (χ1v) is 6.29. The number of unbranched alkanes of at least 4 members (excludes halogenated alkanes) is 3. The van der Waals surface area contributed by atoms with E-state index in [1.807, 2.05) is 4.68 Å². The van der Waals surface area contributed by atoms with Crippen LogP contribution in [-0.4, -0.2) is 27.9 Å². The monoisotopic (exact) mass is 214 g/mol. The zero-order chi connectivity index (χ0) is 10.4. The number of thioether (sulfide) groups is 1. The van der Waals surface area contributed by atoms with Crippen LogP contribution in [0.3, 0.4) is 0 Å². The lowest BCUT2D eigenvalue weighted by Gasteiger charge is -2.09. The summed E-state index contributed by atoms with van der Waals surface area (Å²) >= 11 is 1.69.